The summed E-state index contributed by atoms with van der Waals surface area (Å²) in [5, 5.41) is 4.06. The van der Waals surface area contributed by atoms with Crippen molar-refractivity contribution in [3.63, 3.8) is 0 Å². The molecule has 0 radical (unpaired) electrons. The zero-order valence-electron chi connectivity index (χ0n) is 8.01. The molecule has 0 spiro atoms. The van der Waals surface area contributed by atoms with Gasteiger partial charge in [-0.05, 0) is 31.0 Å². The van der Waals surface area contributed by atoms with E-state index in [0.717, 1.165) is 10.6 Å². The highest BCUT2D eigenvalue weighted by Gasteiger charge is 2.04. The predicted octanol–water partition coefficient (Wildman–Crippen LogP) is 2.95. The van der Waals surface area contributed by atoms with Crippen molar-refractivity contribution in [2.75, 3.05) is 12.4 Å². The lowest BCUT2D eigenvalue weighted by Crippen LogP contribution is -1.84. The molecule has 1 aromatic heterocycles. The Morgan fingerprint density at radius 2 is 2.08 bits per heavy atom. The first-order valence-corrected chi connectivity index (χ1v) is 5.08. The van der Waals surface area contributed by atoms with Gasteiger partial charge in [-0.2, -0.15) is 0 Å². The van der Waals surface area contributed by atoms with Crippen LogP contribution in [0.15, 0.2) is 12.1 Å². The lowest BCUT2D eigenvalue weighted by atomic mass is 10.1. The topological polar surface area (TPSA) is 24.9 Å². The molecule has 13 heavy (non-hydrogen) atoms. The zero-order valence-corrected chi connectivity index (χ0v) is 8.83. The van der Waals surface area contributed by atoms with E-state index in [2.05, 4.69) is 36.3 Å². The van der Waals surface area contributed by atoms with Crippen LogP contribution >= 0.6 is 11.3 Å². The quantitative estimate of drug-likeness (QED) is 0.751. The molecular formula is C10H12N2S. The third kappa shape index (κ3) is 1.40. The normalized spacial score (nSPS) is 10.7. The summed E-state index contributed by atoms with van der Waals surface area (Å²) in [5.74, 6) is 0. The van der Waals surface area contributed by atoms with Gasteiger partial charge in [0.05, 0.1) is 10.2 Å². The Morgan fingerprint density at radius 3 is 2.77 bits per heavy atom. The first-order chi connectivity index (χ1) is 6.20. The molecule has 3 heteroatoms. The molecule has 1 heterocycles. The summed E-state index contributed by atoms with van der Waals surface area (Å²) < 4.78 is 1.29. The molecule has 0 atom stereocenters. The van der Waals surface area contributed by atoms with E-state index in [1.807, 2.05) is 7.05 Å². The van der Waals surface area contributed by atoms with E-state index in [1.54, 1.807) is 11.3 Å². The Labute approximate surface area is 81.6 Å². The van der Waals surface area contributed by atoms with E-state index in [1.165, 1.54) is 15.8 Å². The van der Waals surface area contributed by atoms with E-state index in [-0.39, 0.29) is 0 Å². The van der Waals surface area contributed by atoms with Crippen molar-refractivity contribution in [1.29, 1.82) is 0 Å². The largest absolute Gasteiger partial charge is 0.365 e. The minimum atomic E-state index is 0.990. The molecule has 2 rings (SSSR count). The molecule has 0 aliphatic carbocycles. The van der Waals surface area contributed by atoms with Gasteiger partial charge in [-0.15, -0.1) is 0 Å². The molecule has 1 aromatic carbocycles. The molecule has 0 aliphatic rings. The van der Waals surface area contributed by atoms with Crippen molar-refractivity contribution in [3.05, 3.63) is 23.3 Å². The van der Waals surface area contributed by atoms with Crippen LogP contribution < -0.4 is 5.32 Å². The minimum absolute atomic E-state index is 0.990. The lowest BCUT2D eigenvalue weighted by Gasteiger charge is -1.95. The van der Waals surface area contributed by atoms with Crippen LogP contribution in [0.2, 0.25) is 0 Å². The van der Waals surface area contributed by atoms with E-state index in [0.29, 0.717) is 0 Å². The SMILES string of the molecule is CNc1nc2cc(C)cc(C)c2s1. The number of benzene rings is 1. The summed E-state index contributed by atoms with van der Waals surface area (Å²) in [6.45, 7) is 4.23. The van der Waals surface area contributed by atoms with Crippen LogP contribution in [0.3, 0.4) is 0 Å². The van der Waals surface area contributed by atoms with Crippen molar-refractivity contribution < 1.29 is 0 Å². The van der Waals surface area contributed by atoms with Crippen LogP contribution in [-0.4, -0.2) is 12.0 Å². The van der Waals surface area contributed by atoms with E-state index >= 15 is 0 Å². The molecule has 0 fully saturated rings. The number of nitrogens with one attached hydrogen (secondary N) is 1. The summed E-state index contributed by atoms with van der Waals surface area (Å²) in [6.07, 6.45) is 0. The van der Waals surface area contributed by atoms with Gasteiger partial charge in [0.2, 0.25) is 0 Å². The summed E-state index contributed by atoms with van der Waals surface area (Å²) >= 11 is 1.71. The highest BCUT2D eigenvalue weighted by molar-refractivity contribution is 7.22. The van der Waals surface area contributed by atoms with E-state index in [4.69, 9.17) is 0 Å². The summed E-state index contributed by atoms with van der Waals surface area (Å²) in [4.78, 5) is 4.46. The highest BCUT2D eigenvalue weighted by atomic mass is 32.1. The number of thiazole rings is 1. The number of nitrogens with zero attached hydrogens (tertiary/aromatic N) is 1. The molecule has 0 bridgehead atoms. The number of fused-ring (bicyclic) bond motifs is 1. The first-order valence-electron chi connectivity index (χ1n) is 4.26. The smallest absolute Gasteiger partial charge is 0.183 e. The standard InChI is InChI=1S/C10H12N2S/c1-6-4-7(2)9-8(5-6)12-10(11-3)13-9/h4-5H,1-3H3,(H,11,12). The first kappa shape index (κ1) is 8.51. The molecule has 68 valence electrons. The zero-order chi connectivity index (χ0) is 9.42. The third-order valence-electron chi connectivity index (χ3n) is 2.03. The highest BCUT2D eigenvalue weighted by Crippen LogP contribution is 2.29. The number of hydrogen-bond acceptors (Lipinski definition) is 3. The average Bonchev–Trinajstić information content (AvgIpc) is 2.47. The van der Waals surface area contributed by atoms with Gasteiger partial charge in [-0.25, -0.2) is 4.98 Å². The van der Waals surface area contributed by atoms with Gasteiger partial charge in [0.15, 0.2) is 5.13 Å². The number of rotatable bonds is 1. The summed E-state index contributed by atoms with van der Waals surface area (Å²) in [5.41, 5.74) is 3.69. The molecule has 0 saturated heterocycles. The maximum Gasteiger partial charge on any atom is 0.183 e. The van der Waals surface area contributed by atoms with Gasteiger partial charge in [0.25, 0.3) is 0 Å². The van der Waals surface area contributed by atoms with Gasteiger partial charge < -0.3 is 5.32 Å². The van der Waals surface area contributed by atoms with Gasteiger partial charge in [-0.1, -0.05) is 17.4 Å². The van der Waals surface area contributed by atoms with Crippen LogP contribution in [0.25, 0.3) is 10.2 Å². The van der Waals surface area contributed by atoms with Crippen LogP contribution in [0.1, 0.15) is 11.1 Å². The van der Waals surface area contributed by atoms with Crippen LogP contribution in [-0.2, 0) is 0 Å². The Morgan fingerprint density at radius 1 is 1.31 bits per heavy atom. The van der Waals surface area contributed by atoms with Crippen molar-refractivity contribution in [3.8, 4) is 0 Å². The van der Waals surface area contributed by atoms with Crippen LogP contribution in [0.4, 0.5) is 5.13 Å². The second-order valence-corrected chi connectivity index (χ2v) is 4.20. The molecule has 2 nitrogen and oxygen atoms in total. The van der Waals surface area contributed by atoms with Crippen LogP contribution in [0.5, 0.6) is 0 Å². The maximum absolute atomic E-state index is 4.46. The van der Waals surface area contributed by atoms with Crippen LogP contribution in [0, 0.1) is 13.8 Å². The fourth-order valence-electron chi connectivity index (χ4n) is 1.48. The second-order valence-electron chi connectivity index (χ2n) is 3.20. The minimum Gasteiger partial charge on any atom is -0.365 e. The Hall–Kier alpha value is -1.09. The number of aryl methyl sites for hydroxylation is 2. The van der Waals surface area contributed by atoms with Gasteiger partial charge in [0, 0.05) is 7.05 Å². The maximum atomic E-state index is 4.46. The predicted molar refractivity (Wildman–Crippen MR) is 58.6 cm³/mol. The van der Waals surface area contributed by atoms with E-state index < -0.39 is 0 Å². The average molecular weight is 192 g/mol. The molecule has 0 saturated carbocycles. The van der Waals surface area contributed by atoms with Crippen molar-refractivity contribution in [2.24, 2.45) is 0 Å². The molecule has 1 N–H and O–H groups in total. The monoisotopic (exact) mass is 192 g/mol. The molecule has 0 unspecified atom stereocenters. The van der Waals surface area contributed by atoms with Gasteiger partial charge >= 0.3 is 0 Å². The molecule has 0 aliphatic heterocycles. The fraction of sp³-hybridized carbons (Fsp3) is 0.300. The van der Waals surface area contributed by atoms with Crippen molar-refractivity contribution in [2.45, 2.75) is 13.8 Å². The number of aromatic nitrogens is 1. The fourth-order valence-corrected chi connectivity index (χ4v) is 2.35. The second kappa shape index (κ2) is 3.00. The Bertz CT molecular complexity index is 445. The molecular weight excluding hydrogens is 180 g/mol. The third-order valence-corrected chi connectivity index (χ3v) is 3.26. The number of hydrogen-bond donors (Lipinski definition) is 1. The Kier molecular flexibility index (Phi) is 1.96. The Balaban J connectivity index is 2.75. The van der Waals surface area contributed by atoms with Gasteiger partial charge in [0.1, 0.15) is 0 Å². The molecule has 2 aromatic rings. The molecule has 0 amide bonds. The number of anilines is 1. The van der Waals surface area contributed by atoms with Gasteiger partial charge in [-0.3, -0.25) is 0 Å². The summed E-state index contributed by atoms with van der Waals surface area (Å²) in [7, 11) is 1.90. The lowest BCUT2D eigenvalue weighted by molar-refractivity contribution is 1.38. The van der Waals surface area contributed by atoms with E-state index in [9.17, 15) is 0 Å². The van der Waals surface area contributed by atoms with Crippen molar-refractivity contribution in [1.82, 2.24) is 4.98 Å². The van der Waals surface area contributed by atoms with Crippen molar-refractivity contribution >= 4 is 26.7 Å². The summed E-state index contributed by atoms with van der Waals surface area (Å²) in [6, 6.07) is 4.32.